The lowest BCUT2D eigenvalue weighted by atomic mass is 10.1. The van der Waals surface area contributed by atoms with E-state index in [2.05, 4.69) is 15.0 Å². The first kappa shape index (κ1) is 12.4. The fourth-order valence-electron chi connectivity index (χ4n) is 2.22. The second-order valence-corrected chi connectivity index (χ2v) is 4.47. The Morgan fingerprint density at radius 2 is 2.05 bits per heavy atom. The predicted molar refractivity (Wildman–Crippen MR) is 75.0 cm³/mol. The lowest BCUT2D eigenvalue weighted by Crippen LogP contribution is -2.21. The molecule has 0 amide bonds. The molecule has 20 heavy (non-hydrogen) atoms. The summed E-state index contributed by atoms with van der Waals surface area (Å²) in [5.74, 6) is 0.380. The molecular weight excluding hydrogens is 256 g/mol. The Labute approximate surface area is 115 Å². The number of fused-ring (bicyclic) bond motifs is 1. The molecule has 0 aliphatic heterocycles. The van der Waals surface area contributed by atoms with Crippen LogP contribution in [-0.4, -0.2) is 26.6 Å². The summed E-state index contributed by atoms with van der Waals surface area (Å²) in [6.07, 6.45) is 1.48. The van der Waals surface area contributed by atoms with E-state index in [1.165, 1.54) is 13.3 Å². The van der Waals surface area contributed by atoms with Crippen LogP contribution in [0.5, 0.6) is 5.88 Å². The molecule has 6 nitrogen and oxygen atoms in total. The molecule has 1 aromatic carbocycles. The third-order valence-corrected chi connectivity index (χ3v) is 3.28. The largest absolute Gasteiger partial charge is 0.480 e. The molecule has 0 fully saturated rings. The van der Waals surface area contributed by atoms with Gasteiger partial charge in [-0.25, -0.2) is 9.78 Å². The van der Waals surface area contributed by atoms with Crippen molar-refractivity contribution in [2.75, 3.05) is 7.11 Å². The van der Waals surface area contributed by atoms with Crippen LogP contribution in [0.3, 0.4) is 0 Å². The highest BCUT2D eigenvalue weighted by Gasteiger charge is 2.17. The van der Waals surface area contributed by atoms with Crippen molar-refractivity contribution in [1.82, 2.24) is 19.5 Å². The molecule has 2 heterocycles. The number of benzene rings is 1. The average molecular weight is 270 g/mol. The van der Waals surface area contributed by atoms with Gasteiger partial charge >= 0.3 is 5.69 Å². The van der Waals surface area contributed by atoms with Gasteiger partial charge in [-0.05, 0) is 12.5 Å². The summed E-state index contributed by atoms with van der Waals surface area (Å²) >= 11 is 0. The van der Waals surface area contributed by atoms with Crippen LogP contribution in [0.15, 0.2) is 41.3 Å². The molecule has 0 spiro atoms. The number of nitrogens with zero attached hydrogens (tertiary/aromatic N) is 3. The van der Waals surface area contributed by atoms with E-state index in [0.29, 0.717) is 17.2 Å². The number of ether oxygens (including phenoxy) is 1. The van der Waals surface area contributed by atoms with Crippen LogP contribution in [-0.2, 0) is 0 Å². The first-order valence-electron chi connectivity index (χ1n) is 6.27. The van der Waals surface area contributed by atoms with Crippen molar-refractivity contribution in [3.05, 3.63) is 52.6 Å². The standard InChI is InChI=1S/C14H14N4O2/c1-9(10-6-4-3-5-7-10)18-13-12(17-14(18)19)15-8-11(16-13)20-2/h3-9H,1-2H3,(H,15,17,19). The molecule has 102 valence electrons. The lowest BCUT2D eigenvalue weighted by Gasteiger charge is -2.13. The van der Waals surface area contributed by atoms with Gasteiger partial charge in [-0.15, -0.1) is 0 Å². The molecule has 2 aromatic heterocycles. The van der Waals surface area contributed by atoms with Crippen LogP contribution in [0.1, 0.15) is 18.5 Å². The maximum atomic E-state index is 12.1. The molecule has 1 N–H and O–H groups in total. The zero-order chi connectivity index (χ0) is 14.1. The maximum Gasteiger partial charge on any atom is 0.329 e. The average Bonchev–Trinajstić information content (AvgIpc) is 2.82. The van der Waals surface area contributed by atoms with E-state index in [-0.39, 0.29) is 11.7 Å². The topological polar surface area (TPSA) is 72.8 Å². The fraction of sp³-hybridized carbons (Fsp3) is 0.214. The highest BCUT2D eigenvalue weighted by Crippen LogP contribution is 2.20. The molecule has 0 saturated carbocycles. The molecule has 0 saturated heterocycles. The van der Waals surface area contributed by atoms with Crippen LogP contribution in [0.25, 0.3) is 11.3 Å². The Morgan fingerprint density at radius 3 is 2.75 bits per heavy atom. The Morgan fingerprint density at radius 1 is 1.30 bits per heavy atom. The van der Waals surface area contributed by atoms with Crippen LogP contribution in [0.2, 0.25) is 0 Å². The molecule has 1 atom stereocenters. The Hall–Kier alpha value is -2.63. The van der Waals surface area contributed by atoms with Crippen molar-refractivity contribution < 1.29 is 4.74 Å². The van der Waals surface area contributed by atoms with Gasteiger partial charge in [0, 0.05) is 0 Å². The molecule has 0 bridgehead atoms. The minimum absolute atomic E-state index is 0.140. The fourth-order valence-corrected chi connectivity index (χ4v) is 2.22. The summed E-state index contributed by atoms with van der Waals surface area (Å²) in [6, 6.07) is 9.64. The van der Waals surface area contributed by atoms with Crippen LogP contribution < -0.4 is 10.4 Å². The quantitative estimate of drug-likeness (QED) is 0.786. The van der Waals surface area contributed by atoms with Gasteiger partial charge in [0.1, 0.15) is 0 Å². The third-order valence-electron chi connectivity index (χ3n) is 3.28. The highest BCUT2D eigenvalue weighted by molar-refractivity contribution is 5.66. The van der Waals surface area contributed by atoms with Gasteiger partial charge in [-0.2, -0.15) is 4.98 Å². The summed E-state index contributed by atoms with van der Waals surface area (Å²) in [4.78, 5) is 23.3. The monoisotopic (exact) mass is 270 g/mol. The van der Waals surface area contributed by atoms with E-state index in [0.717, 1.165) is 5.56 Å². The second-order valence-electron chi connectivity index (χ2n) is 4.47. The molecule has 3 aromatic rings. The Kier molecular flexibility index (Phi) is 2.98. The number of nitrogens with one attached hydrogen (secondary N) is 1. The predicted octanol–water partition coefficient (Wildman–Crippen LogP) is 1.74. The van der Waals surface area contributed by atoms with Crippen molar-refractivity contribution in [1.29, 1.82) is 0 Å². The van der Waals surface area contributed by atoms with Gasteiger partial charge in [0.05, 0.1) is 19.3 Å². The number of H-pyrrole nitrogens is 1. The van der Waals surface area contributed by atoms with E-state index in [1.807, 2.05) is 37.3 Å². The minimum Gasteiger partial charge on any atom is -0.480 e. The molecule has 3 rings (SSSR count). The summed E-state index contributed by atoms with van der Waals surface area (Å²) in [5, 5.41) is 0. The summed E-state index contributed by atoms with van der Waals surface area (Å²) in [5.41, 5.74) is 1.74. The molecule has 0 aliphatic rings. The summed E-state index contributed by atoms with van der Waals surface area (Å²) < 4.78 is 6.65. The minimum atomic E-state index is -0.232. The number of hydrogen-bond acceptors (Lipinski definition) is 4. The number of aromatic nitrogens is 4. The van der Waals surface area contributed by atoms with Gasteiger partial charge in [0.25, 0.3) is 0 Å². The Bertz CT molecular complexity index is 792. The van der Waals surface area contributed by atoms with Gasteiger partial charge in [0.2, 0.25) is 5.88 Å². The van der Waals surface area contributed by atoms with Gasteiger partial charge in [-0.3, -0.25) is 9.55 Å². The zero-order valence-electron chi connectivity index (χ0n) is 11.2. The number of aromatic amines is 1. The van der Waals surface area contributed by atoms with Crippen molar-refractivity contribution in [3.63, 3.8) is 0 Å². The van der Waals surface area contributed by atoms with E-state index in [1.54, 1.807) is 4.57 Å². The number of rotatable bonds is 3. The summed E-state index contributed by atoms with van der Waals surface area (Å²) in [7, 11) is 1.52. The molecule has 0 radical (unpaired) electrons. The highest BCUT2D eigenvalue weighted by atomic mass is 16.5. The Balaban J connectivity index is 2.20. The first-order chi connectivity index (χ1) is 9.70. The van der Waals surface area contributed by atoms with E-state index < -0.39 is 0 Å². The first-order valence-corrected chi connectivity index (χ1v) is 6.27. The van der Waals surface area contributed by atoms with Crippen molar-refractivity contribution in [3.8, 4) is 5.88 Å². The third kappa shape index (κ3) is 1.95. The van der Waals surface area contributed by atoms with Crippen LogP contribution >= 0.6 is 0 Å². The summed E-state index contributed by atoms with van der Waals surface area (Å²) in [6.45, 7) is 1.95. The number of hydrogen-bond donors (Lipinski definition) is 1. The van der Waals surface area contributed by atoms with Crippen LogP contribution in [0, 0.1) is 0 Å². The van der Waals surface area contributed by atoms with Crippen molar-refractivity contribution >= 4 is 11.3 Å². The lowest BCUT2D eigenvalue weighted by molar-refractivity contribution is 0.396. The maximum absolute atomic E-state index is 12.1. The SMILES string of the molecule is COc1cnc2[nH]c(=O)n(C(C)c3ccccc3)c2n1. The molecule has 1 unspecified atom stereocenters. The molecule has 0 aliphatic carbocycles. The molecule has 6 heteroatoms. The molecular formula is C14H14N4O2. The smallest absolute Gasteiger partial charge is 0.329 e. The number of methoxy groups -OCH3 is 1. The number of imidazole rings is 1. The zero-order valence-corrected chi connectivity index (χ0v) is 11.2. The van der Waals surface area contributed by atoms with Crippen molar-refractivity contribution in [2.45, 2.75) is 13.0 Å². The normalized spacial score (nSPS) is 12.5. The van der Waals surface area contributed by atoms with E-state index in [9.17, 15) is 4.79 Å². The van der Waals surface area contributed by atoms with Crippen LogP contribution in [0.4, 0.5) is 0 Å². The van der Waals surface area contributed by atoms with Gasteiger partial charge < -0.3 is 4.74 Å². The van der Waals surface area contributed by atoms with Gasteiger partial charge in [-0.1, -0.05) is 30.3 Å². The van der Waals surface area contributed by atoms with Gasteiger partial charge in [0.15, 0.2) is 11.3 Å². The van der Waals surface area contributed by atoms with E-state index in [4.69, 9.17) is 4.74 Å². The van der Waals surface area contributed by atoms with Crippen molar-refractivity contribution in [2.24, 2.45) is 0 Å². The second kappa shape index (κ2) is 4.80. The van der Waals surface area contributed by atoms with E-state index >= 15 is 0 Å².